The van der Waals surface area contributed by atoms with Crippen LogP contribution in [-0.2, 0) is 11.3 Å². The first kappa shape index (κ1) is 23.6. The highest BCUT2D eigenvalue weighted by Gasteiger charge is 2.16. The second-order valence-corrected chi connectivity index (χ2v) is 8.26. The van der Waals surface area contributed by atoms with Crippen LogP contribution in [0.25, 0.3) is 11.4 Å². The van der Waals surface area contributed by atoms with Gasteiger partial charge in [-0.25, -0.2) is 5.43 Å². The molecule has 1 amide bonds. The van der Waals surface area contributed by atoms with Crippen molar-refractivity contribution in [2.24, 2.45) is 5.10 Å². The van der Waals surface area contributed by atoms with Gasteiger partial charge < -0.3 is 19.1 Å². The molecule has 2 aromatic carbocycles. The minimum Gasteiger partial charge on any atom is -0.507 e. The summed E-state index contributed by atoms with van der Waals surface area (Å²) in [6.07, 6.45) is 1.38. The molecule has 0 saturated carbocycles. The van der Waals surface area contributed by atoms with Crippen LogP contribution in [0.5, 0.6) is 17.2 Å². The van der Waals surface area contributed by atoms with E-state index in [0.717, 1.165) is 10.0 Å². The van der Waals surface area contributed by atoms with Crippen LogP contribution in [0.1, 0.15) is 12.5 Å². The molecule has 0 fully saturated rings. The number of carbonyl (C=O) groups excluding carboxylic acids is 1. The third-order valence-corrected chi connectivity index (χ3v) is 5.85. The maximum absolute atomic E-state index is 12.2. The molecule has 0 radical (unpaired) electrons. The Morgan fingerprint density at radius 1 is 1.22 bits per heavy atom. The fourth-order valence-corrected chi connectivity index (χ4v) is 4.01. The van der Waals surface area contributed by atoms with E-state index in [2.05, 4.69) is 36.7 Å². The summed E-state index contributed by atoms with van der Waals surface area (Å²) >= 11 is 4.58. The SMILES string of the molecule is CCn1c(SCC(=O)N/N=C/c2cc(Br)ccc2O)nnc1-c1ccc(OC)c(OC)c1. The first-order valence-electron chi connectivity index (χ1n) is 9.55. The molecule has 0 aliphatic rings. The summed E-state index contributed by atoms with van der Waals surface area (Å²) in [5, 5.41) is 22.8. The number of benzene rings is 2. The number of rotatable bonds is 9. The Hall–Kier alpha value is -3.05. The summed E-state index contributed by atoms with van der Waals surface area (Å²) in [4.78, 5) is 12.2. The summed E-state index contributed by atoms with van der Waals surface area (Å²) in [6.45, 7) is 2.60. The monoisotopic (exact) mass is 519 g/mol. The average molecular weight is 520 g/mol. The Bertz CT molecular complexity index is 1140. The standard InChI is InChI=1S/C21H22BrN5O4S/c1-4-27-20(13-5-8-17(30-2)18(10-13)31-3)25-26-21(27)32-12-19(29)24-23-11-14-9-15(22)6-7-16(14)28/h5-11,28H,4,12H2,1-3H3,(H,24,29)/b23-11+. The van der Waals surface area contributed by atoms with E-state index >= 15 is 0 Å². The molecular weight excluding hydrogens is 498 g/mol. The second kappa shape index (κ2) is 11.0. The summed E-state index contributed by atoms with van der Waals surface area (Å²) < 4.78 is 13.4. The van der Waals surface area contributed by atoms with Crippen LogP contribution >= 0.6 is 27.7 Å². The van der Waals surface area contributed by atoms with Crippen molar-refractivity contribution in [1.82, 2.24) is 20.2 Å². The van der Waals surface area contributed by atoms with Crippen molar-refractivity contribution in [3.63, 3.8) is 0 Å². The van der Waals surface area contributed by atoms with Gasteiger partial charge in [-0.05, 0) is 43.3 Å². The molecule has 0 bridgehead atoms. The third-order valence-electron chi connectivity index (χ3n) is 4.39. The maximum Gasteiger partial charge on any atom is 0.250 e. The fourth-order valence-electron chi connectivity index (χ4n) is 2.83. The Kier molecular flexibility index (Phi) is 8.12. The molecular formula is C21H22BrN5O4S. The molecule has 1 aromatic heterocycles. The van der Waals surface area contributed by atoms with E-state index in [1.165, 1.54) is 24.0 Å². The number of ether oxygens (including phenoxy) is 2. The van der Waals surface area contributed by atoms with Gasteiger partial charge in [0.25, 0.3) is 5.91 Å². The number of phenolic OH excluding ortho intramolecular Hbond substituents is 1. The van der Waals surface area contributed by atoms with E-state index in [-0.39, 0.29) is 17.4 Å². The molecule has 1 heterocycles. The van der Waals surface area contributed by atoms with Crippen molar-refractivity contribution in [2.45, 2.75) is 18.6 Å². The number of aromatic nitrogens is 3. The first-order chi connectivity index (χ1) is 15.5. The zero-order valence-corrected chi connectivity index (χ0v) is 20.1. The Morgan fingerprint density at radius 2 is 2.00 bits per heavy atom. The number of hydrogen-bond donors (Lipinski definition) is 2. The number of amides is 1. The smallest absolute Gasteiger partial charge is 0.250 e. The van der Waals surface area contributed by atoms with Crippen LogP contribution in [0, 0.1) is 0 Å². The molecule has 3 aromatic rings. The summed E-state index contributed by atoms with van der Waals surface area (Å²) in [6, 6.07) is 10.5. The Balaban J connectivity index is 1.66. The third kappa shape index (κ3) is 5.60. The summed E-state index contributed by atoms with van der Waals surface area (Å²) in [5.74, 6) is 1.75. The second-order valence-electron chi connectivity index (χ2n) is 6.41. The predicted octanol–water partition coefficient (Wildman–Crippen LogP) is 3.69. The van der Waals surface area contributed by atoms with Gasteiger partial charge in [0.15, 0.2) is 22.5 Å². The van der Waals surface area contributed by atoms with Crippen molar-refractivity contribution in [1.29, 1.82) is 0 Å². The normalized spacial score (nSPS) is 11.0. The van der Waals surface area contributed by atoms with Gasteiger partial charge in [-0.15, -0.1) is 10.2 Å². The van der Waals surface area contributed by atoms with E-state index in [0.29, 0.717) is 34.6 Å². The largest absolute Gasteiger partial charge is 0.507 e. The highest BCUT2D eigenvalue weighted by atomic mass is 79.9. The molecule has 9 nitrogen and oxygen atoms in total. The van der Waals surface area contributed by atoms with Crippen LogP contribution in [0.3, 0.4) is 0 Å². The van der Waals surface area contributed by atoms with Gasteiger partial charge in [0.1, 0.15) is 5.75 Å². The molecule has 168 valence electrons. The van der Waals surface area contributed by atoms with Crippen LogP contribution in [0.15, 0.2) is 51.1 Å². The zero-order chi connectivity index (χ0) is 23.1. The van der Waals surface area contributed by atoms with Crippen molar-refractivity contribution in [3.05, 3.63) is 46.4 Å². The van der Waals surface area contributed by atoms with Gasteiger partial charge in [0.2, 0.25) is 0 Å². The average Bonchev–Trinajstić information content (AvgIpc) is 3.22. The molecule has 0 saturated heterocycles. The highest BCUT2D eigenvalue weighted by Crippen LogP contribution is 2.32. The first-order valence-corrected chi connectivity index (χ1v) is 11.3. The van der Waals surface area contributed by atoms with E-state index in [1.807, 2.05) is 29.7 Å². The number of aromatic hydroxyl groups is 1. The van der Waals surface area contributed by atoms with E-state index in [4.69, 9.17) is 9.47 Å². The molecule has 32 heavy (non-hydrogen) atoms. The topological polar surface area (TPSA) is 111 Å². The van der Waals surface area contributed by atoms with Crippen LogP contribution in [0.2, 0.25) is 0 Å². The quantitative estimate of drug-likeness (QED) is 0.252. The zero-order valence-electron chi connectivity index (χ0n) is 17.7. The minimum absolute atomic E-state index is 0.0688. The predicted molar refractivity (Wildman–Crippen MR) is 127 cm³/mol. The van der Waals surface area contributed by atoms with Crippen LogP contribution < -0.4 is 14.9 Å². The minimum atomic E-state index is -0.306. The molecule has 11 heteroatoms. The van der Waals surface area contributed by atoms with Crippen molar-refractivity contribution in [3.8, 4) is 28.6 Å². The number of nitrogens with zero attached hydrogens (tertiary/aromatic N) is 4. The number of hydrazone groups is 1. The number of halogens is 1. The lowest BCUT2D eigenvalue weighted by molar-refractivity contribution is -0.118. The number of thioether (sulfide) groups is 1. The lowest BCUT2D eigenvalue weighted by atomic mass is 10.2. The molecule has 0 aliphatic carbocycles. The van der Waals surface area contributed by atoms with E-state index < -0.39 is 0 Å². The molecule has 0 aliphatic heterocycles. The van der Waals surface area contributed by atoms with Gasteiger partial charge in [-0.1, -0.05) is 27.7 Å². The number of phenols is 1. The van der Waals surface area contributed by atoms with Gasteiger partial charge in [-0.3, -0.25) is 4.79 Å². The number of methoxy groups -OCH3 is 2. The Morgan fingerprint density at radius 3 is 2.72 bits per heavy atom. The van der Waals surface area contributed by atoms with Crippen LogP contribution in [0.4, 0.5) is 0 Å². The highest BCUT2D eigenvalue weighted by molar-refractivity contribution is 9.10. The lowest BCUT2D eigenvalue weighted by Crippen LogP contribution is -2.20. The molecule has 0 atom stereocenters. The maximum atomic E-state index is 12.2. The van der Waals surface area contributed by atoms with Gasteiger partial charge in [-0.2, -0.15) is 5.10 Å². The van der Waals surface area contributed by atoms with Gasteiger partial charge in [0.05, 0.1) is 26.2 Å². The summed E-state index contributed by atoms with van der Waals surface area (Å²) in [5.41, 5.74) is 3.76. The molecule has 2 N–H and O–H groups in total. The number of nitrogens with one attached hydrogen (secondary N) is 1. The van der Waals surface area contributed by atoms with E-state index in [9.17, 15) is 9.90 Å². The summed E-state index contributed by atoms with van der Waals surface area (Å²) in [7, 11) is 3.16. The van der Waals surface area contributed by atoms with E-state index in [1.54, 1.807) is 26.4 Å². The van der Waals surface area contributed by atoms with Crippen molar-refractivity contribution >= 4 is 39.8 Å². The molecule has 3 rings (SSSR count). The van der Waals surface area contributed by atoms with Gasteiger partial charge in [0, 0.05) is 22.1 Å². The number of carbonyl (C=O) groups is 1. The number of hydrogen-bond acceptors (Lipinski definition) is 8. The Labute approximate surface area is 198 Å². The van der Waals surface area contributed by atoms with Crippen LogP contribution in [-0.4, -0.2) is 52.0 Å². The van der Waals surface area contributed by atoms with Crippen molar-refractivity contribution < 1.29 is 19.4 Å². The van der Waals surface area contributed by atoms with Gasteiger partial charge >= 0.3 is 0 Å². The molecule has 0 unspecified atom stereocenters. The van der Waals surface area contributed by atoms with Crippen molar-refractivity contribution in [2.75, 3.05) is 20.0 Å². The fraction of sp³-hybridized carbons (Fsp3) is 0.238. The molecule has 0 spiro atoms. The lowest BCUT2D eigenvalue weighted by Gasteiger charge is -2.10.